The molecule has 3 rings (SSSR count). The van der Waals surface area contributed by atoms with E-state index in [9.17, 15) is 4.79 Å². The smallest absolute Gasteiger partial charge is 0.264 e. The number of para-hydroxylation sites is 1. The zero-order valence-electron chi connectivity index (χ0n) is 14.9. The van der Waals surface area contributed by atoms with E-state index in [0.29, 0.717) is 22.3 Å². The van der Waals surface area contributed by atoms with E-state index in [0.717, 1.165) is 26.2 Å². The summed E-state index contributed by atoms with van der Waals surface area (Å²) in [6, 6.07) is 13.5. The number of aryl methyl sites for hydroxylation is 2. The summed E-state index contributed by atoms with van der Waals surface area (Å²) in [5.41, 5.74) is 2.98. The number of aromatic nitrogens is 1. The quantitative estimate of drug-likeness (QED) is 0.502. The molecule has 0 saturated carbocycles. The van der Waals surface area contributed by atoms with Gasteiger partial charge >= 0.3 is 0 Å². The number of nitrogens with one attached hydrogen (secondary N) is 1. The number of rotatable bonds is 6. The van der Waals surface area contributed by atoms with Gasteiger partial charge < -0.3 is 4.74 Å². The summed E-state index contributed by atoms with van der Waals surface area (Å²) in [5, 5.41) is 4.06. The van der Waals surface area contributed by atoms with Gasteiger partial charge in [-0.2, -0.15) is 0 Å². The van der Waals surface area contributed by atoms with E-state index in [1.165, 1.54) is 11.3 Å². The summed E-state index contributed by atoms with van der Waals surface area (Å²) in [5.74, 6) is 0.473. The normalized spacial score (nSPS) is 10.7. The molecule has 140 valence electrons. The number of ether oxygens (including phenoxy) is 1. The molecule has 1 amide bonds. The third-order valence-corrected chi connectivity index (χ3v) is 6.25. The van der Waals surface area contributed by atoms with Gasteiger partial charge in [0.25, 0.3) is 5.91 Å². The first-order valence-electron chi connectivity index (χ1n) is 8.31. The fraction of sp³-hybridized carbons (Fsp3) is 0.200. The Bertz CT molecular complexity index is 974. The van der Waals surface area contributed by atoms with Crippen LogP contribution in [0.25, 0.3) is 0 Å². The van der Waals surface area contributed by atoms with Crippen LogP contribution < -0.4 is 10.1 Å². The molecule has 1 N–H and O–H groups in total. The Hall–Kier alpha value is -1.89. The summed E-state index contributed by atoms with van der Waals surface area (Å²) < 4.78 is 6.44. The maximum absolute atomic E-state index is 12.2. The highest BCUT2D eigenvalue weighted by Gasteiger charge is 2.12. The molecule has 0 atom stereocenters. The van der Waals surface area contributed by atoms with E-state index in [1.807, 2.05) is 56.3 Å². The highest BCUT2D eigenvalue weighted by Crippen LogP contribution is 2.28. The van der Waals surface area contributed by atoms with Crippen LogP contribution >= 0.6 is 38.9 Å². The van der Waals surface area contributed by atoms with Crippen LogP contribution in [0.5, 0.6) is 5.75 Å². The molecule has 0 fully saturated rings. The van der Waals surface area contributed by atoms with Gasteiger partial charge in [0.05, 0.1) is 10.7 Å². The number of hydrogen-bond donors (Lipinski definition) is 1. The number of halogens is 2. The van der Waals surface area contributed by atoms with Crippen molar-refractivity contribution >= 4 is 49.9 Å². The van der Waals surface area contributed by atoms with Crippen LogP contribution in [0, 0.1) is 13.8 Å². The molecule has 1 aromatic heterocycles. The summed E-state index contributed by atoms with van der Waals surface area (Å²) in [6.45, 7) is 3.82. The molecule has 1 heterocycles. The number of carbonyl (C=O) groups is 1. The first-order chi connectivity index (χ1) is 12.9. The third kappa shape index (κ3) is 5.31. The monoisotopic (exact) mass is 464 g/mol. The Labute approximate surface area is 175 Å². The second-order valence-corrected chi connectivity index (χ2v) is 8.40. The average Bonchev–Trinajstić information content (AvgIpc) is 2.96. The molecule has 3 aromatic rings. The first-order valence-corrected chi connectivity index (χ1v) is 10.3. The molecule has 4 nitrogen and oxygen atoms in total. The fourth-order valence-electron chi connectivity index (χ4n) is 2.50. The molecule has 0 aliphatic heterocycles. The highest BCUT2D eigenvalue weighted by atomic mass is 79.9. The van der Waals surface area contributed by atoms with Gasteiger partial charge in [-0.3, -0.25) is 10.1 Å². The van der Waals surface area contributed by atoms with Crippen LogP contribution in [0.1, 0.15) is 21.7 Å². The second kappa shape index (κ2) is 8.87. The lowest BCUT2D eigenvalue weighted by Gasteiger charge is -2.08. The molecule has 0 bridgehead atoms. The van der Waals surface area contributed by atoms with Crippen molar-refractivity contribution in [2.45, 2.75) is 20.3 Å². The zero-order chi connectivity index (χ0) is 19.4. The lowest BCUT2D eigenvalue weighted by Crippen LogP contribution is -2.20. The van der Waals surface area contributed by atoms with Crippen LogP contribution in [0.2, 0.25) is 5.02 Å². The molecule has 2 aromatic carbocycles. The zero-order valence-corrected chi connectivity index (χ0v) is 18.0. The number of thiazole rings is 1. The number of anilines is 1. The van der Waals surface area contributed by atoms with Crippen LogP contribution in [-0.2, 0) is 11.2 Å². The van der Waals surface area contributed by atoms with Crippen LogP contribution in [0.15, 0.2) is 46.9 Å². The maximum Gasteiger partial charge on any atom is 0.264 e. The number of nitrogens with zero attached hydrogens (tertiary/aromatic N) is 1. The van der Waals surface area contributed by atoms with Crippen molar-refractivity contribution in [3.05, 3.63) is 73.7 Å². The molecular formula is C20H18BrClN2O2S. The van der Waals surface area contributed by atoms with Crippen LogP contribution in [-0.4, -0.2) is 17.5 Å². The van der Waals surface area contributed by atoms with Gasteiger partial charge in [-0.25, -0.2) is 4.98 Å². The van der Waals surface area contributed by atoms with Crippen LogP contribution in [0.4, 0.5) is 5.13 Å². The van der Waals surface area contributed by atoms with Gasteiger partial charge in [-0.1, -0.05) is 35.9 Å². The van der Waals surface area contributed by atoms with E-state index >= 15 is 0 Å². The standard InChI is InChI=1S/C20H18BrClN2O2S/c1-12-5-3-4-6-17(12)26-11-19(25)24-20-23-13(2)18(27-20)10-14-7-8-15(21)16(22)9-14/h3-9H,10-11H2,1-2H3,(H,23,24,25). The summed E-state index contributed by atoms with van der Waals surface area (Å²) >= 11 is 11.0. The minimum absolute atomic E-state index is 0.0544. The number of hydrogen-bond acceptors (Lipinski definition) is 4. The molecule has 27 heavy (non-hydrogen) atoms. The topological polar surface area (TPSA) is 51.2 Å². The van der Waals surface area contributed by atoms with Gasteiger partial charge in [-0.15, -0.1) is 11.3 Å². The Morgan fingerprint density at radius 3 is 2.78 bits per heavy atom. The fourth-order valence-corrected chi connectivity index (χ4v) is 3.96. The predicted octanol–water partition coefficient (Wildman–Crippen LogP) is 5.78. The molecule has 0 saturated heterocycles. The first kappa shape index (κ1) is 19.9. The minimum atomic E-state index is -0.231. The van der Waals surface area contributed by atoms with Gasteiger partial charge in [-0.05, 0) is 59.1 Å². The van der Waals surface area contributed by atoms with Crippen molar-refractivity contribution in [3.8, 4) is 5.75 Å². The van der Waals surface area contributed by atoms with Gasteiger partial charge in [0.15, 0.2) is 11.7 Å². The van der Waals surface area contributed by atoms with Gasteiger partial charge in [0, 0.05) is 15.8 Å². The van der Waals surface area contributed by atoms with Crippen molar-refractivity contribution in [1.82, 2.24) is 4.98 Å². The molecular weight excluding hydrogens is 448 g/mol. The summed E-state index contributed by atoms with van der Waals surface area (Å²) in [6.07, 6.45) is 0.714. The van der Waals surface area contributed by atoms with Gasteiger partial charge in [0.2, 0.25) is 0 Å². The largest absolute Gasteiger partial charge is 0.483 e. The van der Waals surface area contributed by atoms with E-state index in [1.54, 1.807) is 0 Å². The number of benzene rings is 2. The van der Waals surface area contributed by atoms with Gasteiger partial charge in [0.1, 0.15) is 5.75 Å². The highest BCUT2D eigenvalue weighted by molar-refractivity contribution is 9.10. The van der Waals surface area contributed by atoms with E-state index in [-0.39, 0.29) is 12.5 Å². The molecule has 0 unspecified atom stereocenters. The van der Waals surface area contributed by atoms with Crippen LogP contribution in [0.3, 0.4) is 0 Å². The van der Waals surface area contributed by atoms with E-state index in [2.05, 4.69) is 26.2 Å². The molecule has 0 radical (unpaired) electrons. The second-order valence-electron chi connectivity index (χ2n) is 6.06. The Balaban J connectivity index is 1.61. The summed E-state index contributed by atoms with van der Waals surface area (Å²) in [7, 11) is 0. The number of carbonyl (C=O) groups excluding carboxylic acids is 1. The SMILES string of the molecule is Cc1ccccc1OCC(=O)Nc1nc(C)c(Cc2ccc(Br)c(Cl)c2)s1. The lowest BCUT2D eigenvalue weighted by atomic mass is 10.1. The van der Waals surface area contributed by atoms with Crippen molar-refractivity contribution < 1.29 is 9.53 Å². The molecule has 0 aliphatic carbocycles. The average molecular weight is 466 g/mol. The maximum atomic E-state index is 12.2. The van der Waals surface area contributed by atoms with Crippen molar-refractivity contribution in [3.63, 3.8) is 0 Å². The summed E-state index contributed by atoms with van der Waals surface area (Å²) in [4.78, 5) is 17.7. The van der Waals surface area contributed by atoms with Crippen molar-refractivity contribution in [2.75, 3.05) is 11.9 Å². The number of amides is 1. The van der Waals surface area contributed by atoms with Crippen molar-refractivity contribution in [1.29, 1.82) is 0 Å². The predicted molar refractivity (Wildman–Crippen MR) is 114 cm³/mol. The minimum Gasteiger partial charge on any atom is -0.483 e. The van der Waals surface area contributed by atoms with E-state index < -0.39 is 0 Å². The van der Waals surface area contributed by atoms with E-state index in [4.69, 9.17) is 16.3 Å². The Morgan fingerprint density at radius 1 is 1.26 bits per heavy atom. The Kier molecular flexibility index (Phi) is 6.52. The lowest BCUT2D eigenvalue weighted by molar-refractivity contribution is -0.118. The molecule has 0 spiro atoms. The van der Waals surface area contributed by atoms with Crippen molar-refractivity contribution in [2.24, 2.45) is 0 Å². The third-order valence-electron chi connectivity index (χ3n) is 3.94. The Morgan fingerprint density at radius 2 is 2.04 bits per heavy atom. The molecule has 7 heteroatoms. The molecule has 0 aliphatic rings.